The Morgan fingerprint density at radius 1 is 1.15 bits per heavy atom. The molecule has 0 spiro atoms. The van der Waals surface area contributed by atoms with Gasteiger partial charge < -0.3 is 5.11 Å². The van der Waals surface area contributed by atoms with Gasteiger partial charge in [0.2, 0.25) is 0 Å². The minimum Gasteiger partial charge on any atom is -0.508 e. The van der Waals surface area contributed by atoms with Gasteiger partial charge in [-0.2, -0.15) is 0 Å². The maximum absolute atomic E-state index is 9.25. The number of benzene rings is 1. The third-order valence-corrected chi connectivity index (χ3v) is 2.08. The predicted octanol–water partition coefficient (Wildman–Crippen LogP) is 3.04. The molecule has 2 rings (SSSR count). The summed E-state index contributed by atoms with van der Waals surface area (Å²) < 4.78 is 5.46. The summed E-state index contributed by atoms with van der Waals surface area (Å²) in [6.45, 7) is 3.93. The maximum Gasteiger partial charge on any atom is 0.364 e. The topological polar surface area (TPSA) is 31.5 Å². The molecule has 66 valence electrons. The number of rotatable bonds is 0. The van der Waals surface area contributed by atoms with E-state index in [2.05, 4.69) is 0 Å². The van der Waals surface area contributed by atoms with Crippen LogP contribution in [0.1, 0.15) is 11.3 Å². The van der Waals surface area contributed by atoms with E-state index in [1.807, 2.05) is 26.0 Å². The van der Waals surface area contributed by atoms with Gasteiger partial charge >= 0.3 is 11.3 Å². The summed E-state index contributed by atoms with van der Waals surface area (Å²) in [6, 6.07) is 7.15. The Hall–Kier alpha value is -1.57. The molecule has 2 heteroatoms. The van der Waals surface area contributed by atoms with E-state index in [-0.39, 0.29) is 5.75 Å². The maximum atomic E-state index is 9.25. The van der Waals surface area contributed by atoms with Gasteiger partial charge in [-0.1, -0.05) is 0 Å². The van der Waals surface area contributed by atoms with Gasteiger partial charge in [-0.3, -0.25) is 0 Å². The zero-order valence-electron chi connectivity index (χ0n) is 7.66. The lowest BCUT2D eigenvalue weighted by molar-refractivity contribution is 0.473. The van der Waals surface area contributed by atoms with Crippen LogP contribution in [0.3, 0.4) is 0 Å². The molecule has 0 fully saturated rings. The van der Waals surface area contributed by atoms with Crippen LogP contribution in [-0.2, 0) is 0 Å². The molecule has 0 radical (unpaired) electrons. The lowest BCUT2D eigenvalue weighted by Gasteiger charge is -1.94. The van der Waals surface area contributed by atoms with E-state index in [0.717, 1.165) is 16.7 Å². The molecule has 0 amide bonds. The molecule has 1 N–H and O–H groups in total. The van der Waals surface area contributed by atoms with Crippen molar-refractivity contribution >= 4 is 11.0 Å². The summed E-state index contributed by atoms with van der Waals surface area (Å²) >= 11 is 0. The predicted molar refractivity (Wildman–Crippen MR) is 51.8 cm³/mol. The SMILES string of the molecule is Cc1cc(C)c2ccc(O)cc2[o+]1. The van der Waals surface area contributed by atoms with Crippen LogP contribution in [-0.4, -0.2) is 5.11 Å². The molecule has 0 aliphatic heterocycles. The van der Waals surface area contributed by atoms with Gasteiger partial charge in [-0.05, 0) is 24.6 Å². The zero-order valence-corrected chi connectivity index (χ0v) is 7.66. The second-order valence-electron chi connectivity index (χ2n) is 3.22. The van der Waals surface area contributed by atoms with E-state index in [1.54, 1.807) is 12.1 Å². The van der Waals surface area contributed by atoms with Crippen LogP contribution in [0.15, 0.2) is 28.7 Å². The van der Waals surface area contributed by atoms with E-state index >= 15 is 0 Å². The number of phenols is 1. The number of hydrogen-bond acceptors (Lipinski definition) is 1. The van der Waals surface area contributed by atoms with Crippen LogP contribution >= 0.6 is 0 Å². The zero-order chi connectivity index (χ0) is 9.42. The number of phenolic OH excluding ortho intramolecular Hbond substituents is 1. The molecule has 1 aromatic carbocycles. The molecule has 0 bridgehead atoms. The summed E-state index contributed by atoms with van der Waals surface area (Å²) in [5, 5.41) is 10.3. The Kier molecular flexibility index (Phi) is 1.69. The Morgan fingerprint density at radius 3 is 2.69 bits per heavy atom. The average Bonchev–Trinajstić information content (AvgIpc) is 2.02. The van der Waals surface area contributed by atoms with Crippen molar-refractivity contribution < 1.29 is 9.52 Å². The first-order chi connectivity index (χ1) is 6.16. The third-order valence-electron chi connectivity index (χ3n) is 2.08. The summed E-state index contributed by atoms with van der Waals surface area (Å²) in [6.07, 6.45) is 0. The van der Waals surface area contributed by atoms with Crippen molar-refractivity contribution in [3.63, 3.8) is 0 Å². The molecule has 0 aliphatic rings. The number of aryl methyl sites for hydroxylation is 2. The van der Waals surface area contributed by atoms with Gasteiger partial charge in [0.05, 0.1) is 18.4 Å². The van der Waals surface area contributed by atoms with E-state index in [4.69, 9.17) is 4.42 Å². The Bertz CT molecular complexity index is 456. The molecule has 0 saturated carbocycles. The molecule has 1 aromatic heterocycles. The Balaban J connectivity index is 2.86. The van der Waals surface area contributed by atoms with Crippen molar-refractivity contribution in [2.75, 3.05) is 0 Å². The van der Waals surface area contributed by atoms with Crippen molar-refractivity contribution in [2.24, 2.45) is 0 Å². The fraction of sp³-hybridized carbons (Fsp3) is 0.182. The van der Waals surface area contributed by atoms with Crippen molar-refractivity contribution in [1.82, 2.24) is 0 Å². The Labute approximate surface area is 76.4 Å². The van der Waals surface area contributed by atoms with Gasteiger partial charge in [0.15, 0.2) is 0 Å². The first-order valence-corrected chi connectivity index (χ1v) is 4.20. The molecule has 13 heavy (non-hydrogen) atoms. The molecule has 1 heterocycles. The first-order valence-electron chi connectivity index (χ1n) is 4.20. The van der Waals surface area contributed by atoms with E-state index in [1.165, 1.54) is 5.56 Å². The summed E-state index contributed by atoms with van der Waals surface area (Å²) in [5.41, 5.74) is 1.90. The quantitative estimate of drug-likeness (QED) is 0.624. The van der Waals surface area contributed by atoms with Crippen LogP contribution < -0.4 is 0 Å². The highest BCUT2D eigenvalue weighted by molar-refractivity contribution is 5.81. The second kappa shape index (κ2) is 2.73. The molecule has 2 aromatic rings. The van der Waals surface area contributed by atoms with Crippen LogP contribution in [0.25, 0.3) is 11.0 Å². The molecular weight excluding hydrogens is 164 g/mol. The fourth-order valence-corrected chi connectivity index (χ4v) is 1.51. The largest absolute Gasteiger partial charge is 0.508 e. The molecule has 0 saturated heterocycles. The van der Waals surface area contributed by atoms with Crippen LogP contribution in [0.2, 0.25) is 0 Å². The van der Waals surface area contributed by atoms with Crippen molar-refractivity contribution in [1.29, 1.82) is 0 Å². The van der Waals surface area contributed by atoms with E-state index in [9.17, 15) is 5.11 Å². The van der Waals surface area contributed by atoms with E-state index in [0.29, 0.717) is 0 Å². The average molecular weight is 175 g/mol. The minimum absolute atomic E-state index is 0.237. The monoisotopic (exact) mass is 175 g/mol. The molecule has 2 nitrogen and oxygen atoms in total. The highest BCUT2D eigenvalue weighted by atomic mass is 16.3. The number of aromatic hydroxyl groups is 1. The van der Waals surface area contributed by atoms with E-state index < -0.39 is 0 Å². The summed E-state index contributed by atoms with van der Waals surface area (Å²) in [4.78, 5) is 0. The lowest BCUT2D eigenvalue weighted by atomic mass is 10.1. The fourth-order valence-electron chi connectivity index (χ4n) is 1.51. The highest BCUT2D eigenvalue weighted by Crippen LogP contribution is 2.23. The van der Waals surface area contributed by atoms with Crippen molar-refractivity contribution in [2.45, 2.75) is 13.8 Å². The number of fused-ring (bicyclic) bond motifs is 1. The standard InChI is InChI=1S/C11H10O2/c1-7-5-8(2)13-11-6-9(12)3-4-10(7)11/h3-6H,1-2H3/p+1. The minimum atomic E-state index is 0.237. The van der Waals surface area contributed by atoms with Gasteiger partial charge in [0.25, 0.3) is 0 Å². The highest BCUT2D eigenvalue weighted by Gasteiger charge is 2.11. The molecule has 0 unspecified atom stereocenters. The van der Waals surface area contributed by atoms with Crippen LogP contribution in [0, 0.1) is 13.8 Å². The van der Waals surface area contributed by atoms with Crippen molar-refractivity contribution in [3.05, 3.63) is 35.6 Å². The number of hydrogen-bond donors (Lipinski definition) is 1. The van der Waals surface area contributed by atoms with Gasteiger partial charge in [0.1, 0.15) is 5.75 Å². The van der Waals surface area contributed by atoms with Gasteiger partial charge in [-0.15, -0.1) is 0 Å². The third kappa shape index (κ3) is 1.35. The second-order valence-corrected chi connectivity index (χ2v) is 3.22. The summed E-state index contributed by atoms with van der Waals surface area (Å²) in [5.74, 6) is 1.09. The molecular formula is C11H11O2+. The van der Waals surface area contributed by atoms with Crippen molar-refractivity contribution in [3.8, 4) is 5.75 Å². The summed E-state index contributed by atoms with van der Waals surface area (Å²) in [7, 11) is 0. The first kappa shape index (κ1) is 8.05. The van der Waals surface area contributed by atoms with Crippen LogP contribution in [0.4, 0.5) is 0 Å². The van der Waals surface area contributed by atoms with Gasteiger partial charge in [-0.25, -0.2) is 4.42 Å². The normalized spacial score (nSPS) is 10.6. The molecule has 0 aliphatic carbocycles. The smallest absolute Gasteiger partial charge is 0.364 e. The lowest BCUT2D eigenvalue weighted by Crippen LogP contribution is -1.80. The van der Waals surface area contributed by atoms with Crippen LogP contribution in [0.5, 0.6) is 5.75 Å². The van der Waals surface area contributed by atoms with Gasteiger partial charge in [0, 0.05) is 6.07 Å². The molecule has 0 atom stereocenters. The Morgan fingerprint density at radius 2 is 1.92 bits per heavy atom.